The number of rotatable bonds is 8. The fourth-order valence-corrected chi connectivity index (χ4v) is 15.9. The van der Waals surface area contributed by atoms with Crippen LogP contribution in [0.4, 0.5) is 0 Å². The van der Waals surface area contributed by atoms with Crippen LogP contribution in [0, 0.1) is 0 Å². The Bertz CT molecular complexity index is 3300. The van der Waals surface area contributed by atoms with Crippen molar-refractivity contribution in [3.63, 3.8) is 0 Å². The highest BCUT2D eigenvalue weighted by Gasteiger charge is 2.41. The van der Waals surface area contributed by atoms with Gasteiger partial charge in [0.05, 0.1) is 22.1 Å². The minimum Gasteiger partial charge on any atom is -0.309 e. The van der Waals surface area contributed by atoms with Crippen LogP contribution in [0.5, 0.6) is 0 Å². The van der Waals surface area contributed by atoms with Gasteiger partial charge >= 0.3 is 0 Å². The normalized spacial score (nSPS) is 13.7. The topological polar surface area (TPSA) is 9.86 Å². The molecule has 0 saturated heterocycles. The third kappa shape index (κ3) is 6.21. The van der Waals surface area contributed by atoms with Crippen molar-refractivity contribution >= 4 is 72.4 Å². The van der Waals surface area contributed by atoms with Crippen LogP contribution in [0.2, 0.25) is 0 Å². The van der Waals surface area contributed by atoms with Gasteiger partial charge in [-0.2, -0.15) is 0 Å². The highest BCUT2D eigenvalue weighted by Crippen LogP contribution is 2.40. The van der Waals surface area contributed by atoms with Crippen LogP contribution in [-0.2, 0) is 0 Å². The van der Waals surface area contributed by atoms with E-state index in [0.29, 0.717) is 5.92 Å². The van der Waals surface area contributed by atoms with E-state index in [4.69, 9.17) is 0 Å². The van der Waals surface area contributed by atoms with Crippen molar-refractivity contribution in [3.05, 3.63) is 230 Å². The smallest absolute Gasteiger partial charge is 0.179 e. The fourth-order valence-electron chi connectivity index (χ4n) is 11.1. The van der Waals surface area contributed by atoms with Gasteiger partial charge in [-0.3, -0.25) is 0 Å². The zero-order valence-electron chi connectivity index (χ0n) is 35.4. The molecular weight excluding hydrogens is 777 g/mol. The van der Waals surface area contributed by atoms with Gasteiger partial charge in [0, 0.05) is 32.9 Å². The molecule has 11 aromatic rings. The Labute approximate surface area is 370 Å². The van der Waals surface area contributed by atoms with Gasteiger partial charge in [0.2, 0.25) is 0 Å². The maximum absolute atomic E-state index is 2.59. The average molecular weight is 825 g/mol. The first-order valence-electron chi connectivity index (χ1n) is 22.7. The van der Waals surface area contributed by atoms with Crippen LogP contribution in [0.15, 0.2) is 224 Å². The van der Waals surface area contributed by atoms with Gasteiger partial charge in [0.15, 0.2) is 8.07 Å². The van der Waals surface area contributed by atoms with E-state index >= 15 is 0 Å². The van der Waals surface area contributed by atoms with Crippen LogP contribution in [-0.4, -0.2) is 17.2 Å². The van der Waals surface area contributed by atoms with E-state index in [1.807, 2.05) is 0 Å². The largest absolute Gasteiger partial charge is 0.309 e. The van der Waals surface area contributed by atoms with Crippen molar-refractivity contribution in [2.75, 3.05) is 0 Å². The summed E-state index contributed by atoms with van der Waals surface area (Å²) in [6, 6.07) is 84.3. The lowest BCUT2D eigenvalue weighted by molar-refractivity contribution is 0.444. The summed E-state index contributed by atoms with van der Waals surface area (Å²) >= 11 is 0. The van der Waals surface area contributed by atoms with Crippen molar-refractivity contribution in [1.82, 2.24) is 9.13 Å². The molecule has 1 fully saturated rings. The third-order valence-electron chi connectivity index (χ3n) is 14.1. The molecule has 1 aliphatic carbocycles. The van der Waals surface area contributed by atoms with E-state index in [-0.39, 0.29) is 0 Å². The molecule has 63 heavy (non-hydrogen) atoms. The zero-order chi connectivity index (χ0) is 41.7. The standard InChI is InChI=1S/C60H48N2Si/c1-5-17-43(18-6-1)46-33-39-55-53-25-14-16-28-58(53)62(59(55)41-46)48-36-40-56-54-26-13-15-27-57(54)61(60(56)42-48)47-34-29-44(30-35-47)45-31-37-52(38-32-45)63(49-19-7-2-8-20-49,50-21-9-3-10-22-50)51-23-11-4-12-24-51/h2-4,7-16,19-43H,1,5-6,17-18H2. The van der Waals surface area contributed by atoms with Crippen LogP contribution in [0.3, 0.4) is 0 Å². The first kappa shape index (κ1) is 37.5. The lowest BCUT2D eigenvalue weighted by Gasteiger charge is -2.34. The van der Waals surface area contributed by atoms with Gasteiger partial charge in [0.1, 0.15) is 0 Å². The van der Waals surface area contributed by atoms with Crippen LogP contribution in [0.25, 0.3) is 66.1 Å². The van der Waals surface area contributed by atoms with Crippen molar-refractivity contribution in [2.24, 2.45) is 0 Å². The molecule has 0 spiro atoms. The van der Waals surface area contributed by atoms with Crippen molar-refractivity contribution < 1.29 is 0 Å². The summed E-state index contributed by atoms with van der Waals surface area (Å²) in [4.78, 5) is 0. The minimum atomic E-state index is -2.59. The van der Waals surface area contributed by atoms with E-state index in [1.54, 1.807) is 0 Å². The summed E-state index contributed by atoms with van der Waals surface area (Å²) in [6.45, 7) is 0. The van der Waals surface area contributed by atoms with E-state index in [9.17, 15) is 0 Å². The van der Waals surface area contributed by atoms with Gasteiger partial charge in [-0.05, 0) is 98.7 Å². The Hall–Kier alpha value is -7.20. The third-order valence-corrected chi connectivity index (χ3v) is 18.9. The molecule has 0 bridgehead atoms. The second-order valence-electron chi connectivity index (χ2n) is 17.5. The number of aromatic nitrogens is 2. The van der Waals surface area contributed by atoms with Gasteiger partial charge < -0.3 is 9.13 Å². The number of hydrogen-bond acceptors (Lipinski definition) is 0. The monoisotopic (exact) mass is 824 g/mol. The number of hydrogen-bond donors (Lipinski definition) is 0. The Morgan fingerprint density at radius 2 is 0.730 bits per heavy atom. The Morgan fingerprint density at radius 1 is 0.317 bits per heavy atom. The van der Waals surface area contributed by atoms with Crippen LogP contribution < -0.4 is 20.7 Å². The van der Waals surface area contributed by atoms with Crippen LogP contribution >= 0.6 is 0 Å². The Morgan fingerprint density at radius 3 is 1.29 bits per heavy atom. The molecule has 3 heteroatoms. The van der Waals surface area contributed by atoms with Crippen LogP contribution in [0.1, 0.15) is 43.6 Å². The second kappa shape index (κ2) is 15.6. The summed E-state index contributed by atoms with van der Waals surface area (Å²) in [5.74, 6) is 0.647. The number of nitrogens with zero attached hydrogens (tertiary/aromatic N) is 2. The van der Waals surface area contributed by atoms with Gasteiger partial charge in [0.25, 0.3) is 0 Å². The van der Waals surface area contributed by atoms with E-state index < -0.39 is 8.07 Å². The quantitative estimate of drug-likeness (QED) is 0.107. The van der Waals surface area contributed by atoms with E-state index in [2.05, 4.69) is 234 Å². The SMILES string of the molecule is c1ccc([Si](c2ccccc2)(c2ccccc2)c2ccc(-c3ccc(-n4c5ccccc5c5ccc(-n6c7ccccc7c7ccc(C8CCCCC8)cc76)cc54)cc3)cc2)cc1. The number of para-hydroxylation sites is 2. The number of benzene rings is 9. The maximum atomic E-state index is 2.51. The molecule has 302 valence electrons. The van der Waals surface area contributed by atoms with E-state index in [0.717, 1.165) is 5.69 Å². The molecule has 9 aromatic carbocycles. The molecule has 2 nitrogen and oxygen atoms in total. The second-order valence-corrected chi connectivity index (χ2v) is 21.3. The summed E-state index contributed by atoms with van der Waals surface area (Å²) in [5.41, 5.74) is 11.2. The fraction of sp³-hybridized carbons (Fsp3) is 0.100. The highest BCUT2D eigenvalue weighted by molar-refractivity contribution is 7.19. The predicted octanol–water partition coefficient (Wildman–Crippen LogP) is 13.0. The molecule has 1 saturated carbocycles. The van der Waals surface area contributed by atoms with Crippen molar-refractivity contribution in [1.29, 1.82) is 0 Å². The summed E-state index contributed by atoms with van der Waals surface area (Å²) in [7, 11) is -2.59. The molecule has 0 aliphatic heterocycles. The molecule has 12 rings (SSSR count). The van der Waals surface area contributed by atoms with Crippen molar-refractivity contribution in [3.8, 4) is 22.5 Å². The highest BCUT2D eigenvalue weighted by atomic mass is 28.3. The van der Waals surface area contributed by atoms with Gasteiger partial charge in [-0.15, -0.1) is 0 Å². The zero-order valence-corrected chi connectivity index (χ0v) is 36.4. The van der Waals surface area contributed by atoms with E-state index in [1.165, 1.54) is 119 Å². The molecule has 0 atom stereocenters. The minimum absolute atomic E-state index is 0.647. The molecule has 1 aliphatic rings. The Kier molecular flexibility index (Phi) is 9.30. The summed E-state index contributed by atoms with van der Waals surface area (Å²) in [5, 5.41) is 10.7. The molecule has 0 amide bonds. The molecule has 0 N–H and O–H groups in total. The number of fused-ring (bicyclic) bond motifs is 6. The molecule has 0 radical (unpaired) electrons. The molecule has 2 heterocycles. The maximum Gasteiger partial charge on any atom is 0.179 e. The van der Waals surface area contributed by atoms with Crippen molar-refractivity contribution in [2.45, 2.75) is 38.0 Å². The summed E-state index contributed by atoms with van der Waals surface area (Å²) in [6.07, 6.45) is 6.62. The molecule has 0 unspecified atom stereocenters. The van der Waals surface area contributed by atoms with Gasteiger partial charge in [-0.25, -0.2) is 0 Å². The summed E-state index contributed by atoms with van der Waals surface area (Å²) < 4.78 is 4.97. The lowest BCUT2D eigenvalue weighted by Crippen LogP contribution is -2.74. The molecule has 2 aromatic heterocycles. The first-order valence-corrected chi connectivity index (χ1v) is 24.7. The Balaban J connectivity index is 0.959. The molecular formula is C60H48N2Si. The predicted molar refractivity (Wildman–Crippen MR) is 270 cm³/mol. The lowest BCUT2D eigenvalue weighted by atomic mass is 9.84. The average Bonchev–Trinajstić information content (AvgIpc) is 3.88. The first-order chi connectivity index (χ1) is 31.3. The van der Waals surface area contributed by atoms with Gasteiger partial charge in [-0.1, -0.05) is 201 Å².